The lowest BCUT2D eigenvalue weighted by Gasteiger charge is -2.14. The largest absolute Gasteiger partial charge is 0.485 e. The molecular formula is C26H25BrFN3O3. The summed E-state index contributed by atoms with van der Waals surface area (Å²) < 4.78 is 27.1. The summed E-state index contributed by atoms with van der Waals surface area (Å²) in [5.41, 5.74) is 3.12. The molecule has 4 rings (SSSR count). The fraction of sp³-hybridized carbons (Fsp3) is 0.231. The minimum absolute atomic E-state index is 0.159. The molecule has 2 heterocycles. The van der Waals surface area contributed by atoms with Gasteiger partial charge in [-0.3, -0.25) is 9.48 Å². The molecule has 1 N–H and O–H groups in total. The number of ether oxygens (including phenoxy) is 1. The highest BCUT2D eigenvalue weighted by molar-refractivity contribution is 9.10. The number of hydrogen-bond donors (Lipinski definition) is 1. The van der Waals surface area contributed by atoms with Crippen molar-refractivity contribution >= 4 is 27.7 Å². The zero-order valence-electron chi connectivity index (χ0n) is 19.1. The molecule has 0 spiro atoms. The molecule has 1 amide bonds. The minimum Gasteiger partial charge on any atom is -0.485 e. The molecule has 0 radical (unpaired) electrons. The normalized spacial score (nSPS) is 11.1. The van der Waals surface area contributed by atoms with E-state index in [9.17, 15) is 9.18 Å². The first kappa shape index (κ1) is 23.8. The second-order valence-electron chi connectivity index (χ2n) is 8.35. The lowest BCUT2D eigenvalue weighted by Crippen LogP contribution is -2.12. The molecule has 2 aromatic heterocycles. The van der Waals surface area contributed by atoms with Crippen molar-refractivity contribution in [3.8, 4) is 5.75 Å². The van der Waals surface area contributed by atoms with E-state index in [-0.39, 0.29) is 18.2 Å². The number of nitrogens with zero attached hydrogens (tertiary/aromatic N) is 2. The summed E-state index contributed by atoms with van der Waals surface area (Å²) in [6, 6.07) is 15.7. The first-order valence-electron chi connectivity index (χ1n) is 10.9. The zero-order chi connectivity index (χ0) is 24.2. The van der Waals surface area contributed by atoms with Gasteiger partial charge in [-0.2, -0.15) is 5.10 Å². The summed E-state index contributed by atoms with van der Waals surface area (Å²) >= 11 is 3.41. The number of carbonyl (C=O) groups is 1. The molecule has 0 aliphatic rings. The van der Waals surface area contributed by atoms with E-state index in [0.29, 0.717) is 28.5 Å². The van der Waals surface area contributed by atoms with Crippen LogP contribution in [0.15, 0.2) is 69.7 Å². The number of aryl methyl sites for hydroxylation is 1. The summed E-state index contributed by atoms with van der Waals surface area (Å²) in [5, 5.41) is 7.14. The van der Waals surface area contributed by atoms with Gasteiger partial charge < -0.3 is 14.5 Å². The Hall–Kier alpha value is -3.39. The van der Waals surface area contributed by atoms with Gasteiger partial charge in [0.25, 0.3) is 5.91 Å². The van der Waals surface area contributed by atoms with Gasteiger partial charge in [-0.15, -0.1) is 0 Å². The maximum Gasteiger partial charge on any atom is 0.292 e. The van der Waals surface area contributed by atoms with Crippen LogP contribution in [0.4, 0.5) is 10.2 Å². The number of aromatic nitrogens is 2. The van der Waals surface area contributed by atoms with Gasteiger partial charge in [-0.25, -0.2) is 4.39 Å². The molecule has 34 heavy (non-hydrogen) atoms. The van der Waals surface area contributed by atoms with E-state index in [2.05, 4.69) is 52.3 Å². The topological polar surface area (TPSA) is 69.3 Å². The average Bonchev–Trinajstić information content (AvgIpc) is 3.40. The van der Waals surface area contributed by atoms with E-state index in [4.69, 9.17) is 9.15 Å². The van der Waals surface area contributed by atoms with Crippen LogP contribution in [-0.4, -0.2) is 15.7 Å². The summed E-state index contributed by atoms with van der Waals surface area (Å²) in [4.78, 5) is 12.7. The van der Waals surface area contributed by atoms with E-state index in [1.165, 1.54) is 12.1 Å². The van der Waals surface area contributed by atoms with E-state index in [1.54, 1.807) is 35.1 Å². The summed E-state index contributed by atoms with van der Waals surface area (Å²) in [6.07, 6.45) is 1.74. The molecule has 176 valence electrons. The van der Waals surface area contributed by atoms with Gasteiger partial charge in [-0.05, 0) is 75.8 Å². The molecule has 8 heteroatoms. The molecule has 0 unspecified atom stereocenters. The van der Waals surface area contributed by atoms with Crippen molar-refractivity contribution < 1.29 is 18.3 Å². The lowest BCUT2D eigenvalue weighted by molar-refractivity contribution is 0.0992. The Morgan fingerprint density at radius 1 is 1.18 bits per heavy atom. The van der Waals surface area contributed by atoms with Crippen LogP contribution in [0.3, 0.4) is 0 Å². The van der Waals surface area contributed by atoms with Gasteiger partial charge in [0.1, 0.15) is 23.9 Å². The van der Waals surface area contributed by atoms with Crippen molar-refractivity contribution in [1.82, 2.24) is 9.78 Å². The van der Waals surface area contributed by atoms with Crippen LogP contribution in [0.1, 0.15) is 52.8 Å². The number of amides is 1. The quantitative estimate of drug-likeness (QED) is 0.278. The molecule has 0 saturated carbocycles. The number of nitrogens with one attached hydrogen (secondary N) is 1. The molecular weight excluding hydrogens is 501 g/mol. The maximum atomic E-state index is 13.1. The Bertz CT molecular complexity index is 1300. The summed E-state index contributed by atoms with van der Waals surface area (Å²) in [6.45, 7) is 6.91. The monoisotopic (exact) mass is 525 g/mol. The van der Waals surface area contributed by atoms with Gasteiger partial charge in [0, 0.05) is 6.20 Å². The smallest absolute Gasteiger partial charge is 0.292 e. The van der Waals surface area contributed by atoms with Crippen molar-refractivity contribution in [2.24, 2.45) is 0 Å². The van der Waals surface area contributed by atoms with Crippen molar-refractivity contribution in [3.63, 3.8) is 0 Å². The van der Waals surface area contributed by atoms with E-state index in [1.807, 2.05) is 13.0 Å². The van der Waals surface area contributed by atoms with Crippen LogP contribution in [-0.2, 0) is 13.2 Å². The molecule has 0 atom stereocenters. The predicted molar refractivity (Wildman–Crippen MR) is 132 cm³/mol. The highest BCUT2D eigenvalue weighted by Crippen LogP contribution is 2.28. The SMILES string of the molecule is Cc1ccc(C(C)C)c(OCc2ccc(C(=O)Nc3nn(Cc4ccc(F)cc4)cc3Br)o2)c1. The predicted octanol–water partition coefficient (Wildman–Crippen LogP) is 6.69. The molecule has 0 aliphatic heterocycles. The van der Waals surface area contributed by atoms with Crippen LogP contribution >= 0.6 is 15.9 Å². The average molecular weight is 526 g/mol. The van der Waals surface area contributed by atoms with E-state index in [0.717, 1.165) is 22.4 Å². The molecule has 0 fully saturated rings. The van der Waals surface area contributed by atoms with Gasteiger partial charge in [-0.1, -0.05) is 38.1 Å². The van der Waals surface area contributed by atoms with Crippen molar-refractivity contribution in [2.75, 3.05) is 5.32 Å². The van der Waals surface area contributed by atoms with Gasteiger partial charge in [0.15, 0.2) is 11.6 Å². The molecule has 0 saturated heterocycles. The van der Waals surface area contributed by atoms with Crippen molar-refractivity contribution in [3.05, 3.63) is 99.3 Å². The van der Waals surface area contributed by atoms with Crippen LogP contribution in [0, 0.1) is 12.7 Å². The standard InChI is InChI=1S/C26H25BrFN3O3/c1-16(2)21-10-4-17(3)12-24(21)33-15-20-9-11-23(34-20)26(32)29-25-22(27)14-31(30-25)13-18-5-7-19(28)8-6-18/h4-12,14,16H,13,15H2,1-3H3,(H,29,30,32). The minimum atomic E-state index is -0.419. The fourth-order valence-corrected chi connectivity index (χ4v) is 3.89. The number of halogens is 2. The van der Waals surface area contributed by atoms with Crippen molar-refractivity contribution in [2.45, 2.75) is 39.8 Å². The second kappa shape index (κ2) is 10.3. The Morgan fingerprint density at radius 2 is 1.94 bits per heavy atom. The second-order valence-corrected chi connectivity index (χ2v) is 9.21. The third kappa shape index (κ3) is 5.75. The maximum absolute atomic E-state index is 13.1. The first-order valence-corrected chi connectivity index (χ1v) is 11.7. The number of rotatable bonds is 8. The fourth-order valence-electron chi connectivity index (χ4n) is 3.48. The number of carbonyl (C=O) groups excluding carboxylic acids is 1. The zero-order valence-corrected chi connectivity index (χ0v) is 20.7. The van der Waals surface area contributed by atoms with Crippen LogP contribution < -0.4 is 10.1 Å². The number of furan rings is 1. The summed E-state index contributed by atoms with van der Waals surface area (Å²) in [5.74, 6) is 1.50. The van der Waals surface area contributed by atoms with E-state index >= 15 is 0 Å². The lowest BCUT2D eigenvalue weighted by atomic mass is 10.0. The first-order chi connectivity index (χ1) is 16.3. The van der Waals surface area contributed by atoms with Crippen molar-refractivity contribution in [1.29, 1.82) is 0 Å². The highest BCUT2D eigenvalue weighted by Gasteiger charge is 2.16. The van der Waals surface area contributed by atoms with Gasteiger partial charge in [0.05, 0.1) is 11.0 Å². The highest BCUT2D eigenvalue weighted by atomic mass is 79.9. The Kier molecular flexibility index (Phi) is 7.17. The molecule has 2 aromatic carbocycles. The molecule has 0 aliphatic carbocycles. The van der Waals surface area contributed by atoms with Gasteiger partial charge in [0.2, 0.25) is 0 Å². The third-order valence-corrected chi connectivity index (χ3v) is 5.83. The van der Waals surface area contributed by atoms with E-state index < -0.39 is 5.91 Å². The third-order valence-electron chi connectivity index (χ3n) is 5.25. The van der Waals surface area contributed by atoms with Crippen LogP contribution in [0.25, 0.3) is 0 Å². The molecule has 0 bridgehead atoms. The summed E-state index contributed by atoms with van der Waals surface area (Å²) in [7, 11) is 0. The van der Waals surface area contributed by atoms with Crippen LogP contribution in [0.5, 0.6) is 5.75 Å². The van der Waals surface area contributed by atoms with Gasteiger partial charge >= 0.3 is 0 Å². The number of anilines is 1. The molecule has 6 nitrogen and oxygen atoms in total. The Balaban J connectivity index is 1.39. The Morgan fingerprint density at radius 3 is 2.68 bits per heavy atom. The Labute approximate surface area is 205 Å². The number of hydrogen-bond acceptors (Lipinski definition) is 4. The van der Waals surface area contributed by atoms with Crippen LogP contribution in [0.2, 0.25) is 0 Å². The molecule has 4 aromatic rings. The number of benzene rings is 2.